The van der Waals surface area contributed by atoms with E-state index in [0.717, 1.165) is 17.8 Å². The molecule has 1 heterocycles. The Morgan fingerprint density at radius 1 is 1.32 bits per heavy atom. The van der Waals surface area contributed by atoms with Crippen LogP contribution < -0.4 is 5.73 Å². The molecule has 0 saturated carbocycles. The molecule has 0 aliphatic heterocycles. The first kappa shape index (κ1) is 13.7. The molecule has 3 nitrogen and oxygen atoms in total. The highest BCUT2D eigenvalue weighted by molar-refractivity contribution is 5.25. The van der Waals surface area contributed by atoms with Crippen molar-refractivity contribution in [3.63, 3.8) is 0 Å². The van der Waals surface area contributed by atoms with Gasteiger partial charge in [0, 0.05) is 30.8 Å². The summed E-state index contributed by atoms with van der Waals surface area (Å²) < 4.78 is 29.0. The number of rotatable bonds is 4. The number of hydrogen-bond donors (Lipinski definition) is 1. The number of aryl methyl sites for hydroxylation is 2. The minimum atomic E-state index is -0.721. The van der Waals surface area contributed by atoms with Crippen LogP contribution in [-0.2, 0) is 19.9 Å². The molecule has 1 aromatic carbocycles. The predicted molar refractivity (Wildman–Crippen MR) is 69.6 cm³/mol. The molecule has 0 aliphatic rings. The second-order valence-electron chi connectivity index (χ2n) is 4.55. The van der Waals surface area contributed by atoms with Gasteiger partial charge in [0.05, 0.1) is 5.69 Å². The lowest BCUT2D eigenvalue weighted by Gasteiger charge is -2.13. The zero-order chi connectivity index (χ0) is 14.0. The average molecular weight is 265 g/mol. The van der Waals surface area contributed by atoms with Crippen LogP contribution in [0.1, 0.15) is 29.9 Å². The number of aromatic nitrogens is 2. The van der Waals surface area contributed by atoms with Gasteiger partial charge in [-0.15, -0.1) is 0 Å². The third kappa shape index (κ3) is 2.81. The summed E-state index contributed by atoms with van der Waals surface area (Å²) in [5.74, 6) is -1.21. The first-order chi connectivity index (χ1) is 9.02. The van der Waals surface area contributed by atoms with E-state index in [1.54, 1.807) is 11.7 Å². The van der Waals surface area contributed by atoms with Crippen molar-refractivity contribution in [3.8, 4) is 0 Å². The lowest BCUT2D eigenvalue weighted by Crippen LogP contribution is -2.18. The van der Waals surface area contributed by atoms with Crippen LogP contribution in [0.2, 0.25) is 0 Å². The molecule has 19 heavy (non-hydrogen) atoms. The summed E-state index contributed by atoms with van der Waals surface area (Å²) in [7, 11) is 1.80. The van der Waals surface area contributed by atoms with E-state index in [9.17, 15) is 8.78 Å². The SMILES string of the molecule is CCc1cc(CC(N)c2c(F)cccc2F)n(C)n1. The van der Waals surface area contributed by atoms with Gasteiger partial charge in [0.2, 0.25) is 0 Å². The van der Waals surface area contributed by atoms with Gasteiger partial charge in [-0.05, 0) is 24.6 Å². The fraction of sp³-hybridized carbons (Fsp3) is 0.357. The summed E-state index contributed by atoms with van der Waals surface area (Å²) in [6.07, 6.45) is 1.17. The Morgan fingerprint density at radius 3 is 2.47 bits per heavy atom. The first-order valence-electron chi connectivity index (χ1n) is 6.24. The van der Waals surface area contributed by atoms with E-state index in [0.29, 0.717) is 6.42 Å². The molecule has 2 N–H and O–H groups in total. The quantitative estimate of drug-likeness (QED) is 0.923. The Labute approximate surface area is 111 Å². The molecule has 102 valence electrons. The Morgan fingerprint density at radius 2 is 1.95 bits per heavy atom. The highest BCUT2D eigenvalue weighted by Gasteiger charge is 2.18. The molecule has 0 fully saturated rings. The van der Waals surface area contributed by atoms with E-state index in [1.807, 2.05) is 13.0 Å². The fourth-order valence-electron chi connectivity index (χ4n) is 2.13. The molecule has 0 radical (unpaired) electrons. The molecular weight excluding hydrogens is 248 g/mol. The van der Waals surface area contributed by atoms with Gasteiger partial charge < -0.3 is 5.73 Å². The summed E-state index contributed by atoms with van der Waals surface area (Å²) in [5.41, 5.74) is 7.67. The molecular formula is C14H17F2N3. The van der Waals surface area contributed by atoms with Gasteiger partial charge in [0.1, 0.15) is 11.6 Å². The predicted octanol–water partition coefficient (Wildman–Crippen LogP) is 2.50. The monoisotopic (exact) mass is 265 g/mol. The number of halogens is 2. The zero-order valence-corrected chi connectivity index (χ0v) is 11.0. The molecule has 2 rings (SSSR count). The van der Waals surface area contributed by atoms with Gasteiger partial charge in [-0.25, -0.2) is 8.78 Å². The maximum absolute atomic E-state index is 13.6. The summed E-state index contributed by atoms with van der Waals surface area (Å²) in [6, 6.07) is 4.97. The highest BCUT2D eigenvalue weighted by Crippen LogP contribution is 2.22. The Kier molecular flexibility index (Phi) is 3.95. The molecule has 1 atom stereocenters. The van der Waals surface area contributed by atoms with Crippen LogP contribution in [0.5, 0.6) is 0 Å². The maximum atomic E-state index is 13.6. The second-order valence-corrected chi connectivity index (χ2v) is 4.55. The summed E-state index contributed by atoms with van der Waals surface area (Å²) >= 11 is 0. The van der Waals surface area contributed by atoms with E-state index < -0.39 is 17.7 Å². The van der Waals surface area contributed by atoms with Crippen molar-refractivity contribution < 1.29 is 8.78 Å². The molecule has 0 amide bonds. The minimum absolute atomic E-state index is 0.0678. The van der Waals surface area contributed by atoms with E-state index in [1.165, 1.54) is 18.2 Å². The molecule has 0 aliphatic carbocycles. The lowest BCUT2D eigenvalue weighted by molar-refractivity contribution is 0.518. The van der Waals surface area contributed by atoms with Crippen molar-refractivity contribution in [2.45, 2.75) is 25.8 Å². The van der Waals surface area contributed by atoms with Crippen molar-refractivity contribution in [2.24, 2.45) is 12.8 Å². The normalized spacial score (nSPS) is 12.7. The van der Waals surface area contributed by atoms with Crippen molar-refractivity contribution in [2.75, 3.05) is 0 Å². The van der Waals surface area contributed by atoms with Crippen LogP contribution in [0.3, 0.4) is 0 Å². The first-order valence-corrected chi connectivity index (χ1v) is 6.24. The highest BCUT2D eigenvalue weighted by atomic mass is 19.1. The number of nitrogens with two attached hydrogens (primary N) is 1. The second kappa shape index (κ2) is 5.48. The van der Waals surface area contributed by atoms with Crippen molar-refractivity contribution >= 4 is 0 Å². The van der Waals surface area contributed by atoms with Crippen LogP contribution in [0.15, 0.2) is 24.3 Å². The third-order valence-electron chi connectivity index (χ3n) is 3.19. The Hall–Kier alpha value is -1.75. The van der Waals surface area contributed by atoms with E-state index in [2.05, 4.69) is 5.10 Å². The van der Waals surface area contributed by atoms with Gasteiger partial charge in [-0.1, -0.05) is 13.0 Å². The molecule has 2 aromatic rings. The minimum Gasteiger partial charge on any atom is -0.323 e. The van der Waals surface area contributed by atoms with E-state index in [4.69, 9.17) is 5.73 Å². The molecule has 0 spiro atoms. The van der Waals surface area contributed by atoms with Gasteiger partial charge in [-0.2, -0.15) is 5.10 Å². The smallest absolute Gasteiger partial charge is 0.130 e. The largest absolute Gasteiger partial charge is 0.323 e. The molecule has 0 saturated heterocycles. The van der Waals surface area contributed by atoms with Crippen LogP contribution in [0.4, 0.5) is 8.78 Å². The molecule has 1 unspecified atom stereocenters. The summed E-state index contributed by atoms with van der Waals surface area (Å²) in [6.45, 7) is 2.00. The summed E-state index contributed by atoms with van der Waals surface area (Å²) in [4.78, 5) is 0. The number of nitrogens with zero attached hydrogens (tertiary/aromatic N) is 2. The Bertz CT molecular complexity index is 558. The van der Waals surface area contributed by atoms with Crippen molar-refractivity contribution in [1.29, 1.82) is 0 Å². The standard InChI is InChI=1S/C14H17F2N3/c1-3-9-7-10(19(2)18-9)8-13(17)14-11(15)5-4-6-12(14)16/h4-7,13H,3,8,17H2,1-2H3. The van der Waals surface area contributed by atoms with Crippen molar-refractivity contribution in [1.82, 2.24) is 9.78 Å². The van der Waals surface area contributed by atoms with Gasteiger partial charge in [0.15, 0.2) is 0 Å². The molecule has 5 heteroatoms. The topological polar surface area (TPSA) is 43.8 Å². The van der Waals surface area contributed by atoms with Gasteiger partial charge in [0.25, 0.3) is 0 Å². The maximum Gasteiger partial charge on any atom is 0.130 e. The van der Waals surface area contributed by atoms with E-state index >= 15 is 0 Å². The van der Waals surface area contributed by atoms with Crippen LogP contribution >= 0.6 is 0 Å². The van der Waals surface area contributed by atoms with Gasteiger partial charge in [-0.3, -0.25) is 4.68 Å². The zero-order valence-electron chi connectivity index (χ0n) is 11.0. The fourth-order valence-corrected chi connectivity index (χ4v) is 2.13. The average Bonchev–Trinajstić information content (AvgIpc) is 2.70. The molecule has 0 bridgehead atoms. The Balaban J connectivity index is 2.25. The molecule has 1 aromatic heterocycles. The van der Waals surface area contributed by atoms with Crippen LogP contribution in [0.25, 0.3) is 0 Å². The number of benzene rings is 1. The summed E-state index contributed by atoms with van der Waals surface area (Å²) in [5, 5.41) is 4.29. The third-order valence-corrected chi connectivity index (χ3v) is 3.19. The van der Waals surface area contributed by atoms with E-state index in [-0.39, 0.29) is 5.56 Å². The lowest BCUT2D eigenvalue weighted by atomic mass is 10.0. The van der Waals surface area contributed by atoms with Crippen LogP contribution in [-0.4, -0.2) is 9.78 Å². The van der Waals surface area contributed by atoms with Gasteiger partial charge >= 0.3 is 0 Å². The number of hydrogen-bond acceptors (Lipinski definition) is 2. The van der Waals surface area contributed by atoms with Crippen LogP contribution in [0, 0.1) is 11.6 Å². The van der Waals surface area contributed by atoms with Crippen molar-refractivity contribution in [3.05, 3.63) is 52.9 Å².